The Balaban J connectivity index is 1.48. The smallest absolute Gasteiger partial charge is 0.134 e. The summed E-state index contributed by atoms with van der Waals surface area (Å²) in [5, 5.41) is 0.957. The summed E-state index contributed by atoms with van der Waals surface area (Å²) < 4.78 is 20.9. The lowest BCUT2D eigenvalue weighted by atomic mass is 9.83. The number of rotatable bonds is 8. The van der Waals surface area contributed by atoms with Gasteiger partial charge in [0, 0.05) is 61.7 Å². The number of hydrogen-bond donors (Lipinski definition) is 0. The SMILES string of the molecule is C/C=C\C(C)(C/C(F)=C/c1cc2cc(Cc3ncccn3)ccc2o1)CN1CC(C)C1. The summed E-state index contributed by atoms with van der Waals surface area (Å²) in [6.07, 6.45) is 10.2. The van der Waals surface area contributed by atoms with Gasteiger partial charge in [0.05, 0.1) is 0 Å². The zero-order chi connectivity index (χ0) is 21.8. The first-order chi connectivity index (χ1) is 14.9. The highest BCUT2D eigenvalue weighted by atomic mass is 19.1. The molecule has 3 aromatic rings. The van der Waals surface area contributed by atoms with Gasteiger partial charge in [-0.1, -0.05) is 32.1 Å². The topological polar surface area (TPSA) is 42.2 Å². The van der Waals surface area contributed by atoms with Crippen LogP contribution in [-0.4, -0.2) is 34.5 Å². The molecule has 0 bridgehead atoms. The molecule has 4 nitrogen and oxygen atoms in total. The third kappa shape index (κ3) is 5.47. The number of likely N-dealkylation sites (tertiary alicyclic amines) is 1. The van der Waals surface area contributed by atoms with Crippen molar-refractivity contribution in [2.45, 2.75) is 33.6 Å². The maximum atomic E-state index is 15.0. The van der Waals surface area contributed by atoms with Crippen LogP contribution in [0.2, 0.25) is 0 Å². The monoisotopic (exact) mass is 419 g/mol. The van der Waals surface area contributed by atoms with Gasteiger partial charge in [-0.15, -0.1) is 0 Å². The summed E-state index contributed by atoms with van der Waals surface area (Å²) >= 11 is 0. The standard InChI is InChI=1S/C26H30FN3O/c1-4-8-26(3,18-30-16-19(2)17-30)15-22(27)14-23-13-21-11-20(6-7-24(21)31-23)12-25-28-9-5-10-29-25/h4-11,13-14,19H,12,15-18H2,1-3H3/b8-4-,22-14-. The van der Waals surface area contributed by atoms with Gasteiger partial charge in [0.1, 0.15) is 23.0 Å². The van der Waals surface area contributed by atoms with Crippen molar-refractivity contribution in [3.8, 4) is 0 Å². The largest absolute Gasteiger partial charge is 0.457 e. The number of allylic oxidation sites excluding steroid dienone is 2. The van der Waals surface area contributed by atoms with Crippen LogP contribution in [0.3, 0.4) is 0 Å². The Hall–Kier alpha value is -2.79. The van der Waals surface area contributed by atoms with Gasteiger partial charge < -0.3 is 9.32 Å². The molecule has 0 spiro atoms. The highest BCUT2D eigenvalue weighted by Gasteiger charge is 2.31. The van der Waals surface area contributed by atoms with E-state index in [0.29, 0.717) is 18.6 Å². The van der Waals surface area contributed by atoms with Crippen LogP contribution < -0.4 is 0 Å². The number of nitrogens with zero attached hydrogens (tertiary/aromatic N) is 3. The fourth-order valence-corrected chi connectivity index (χ4v) is 4.53. The van der Waals surface area contributed by atoms with Crippen LogP contribution in [-0.2, 0) is 6.42 Å². The lowest BCUT2D eigenvalue weighted by molar-refractivity contribution is 0.0753. The molecule has 0 amide bonds. The van der Waals surface area contributed by atoms with Crippen LogP contribution in [0.1, 0.15) is 44.3 Å². The molecule has 162 valence electrons. The fourth-order valence-electron chi connectivity index (χ4n) is 4.53. The van der Waals surface area contributed by atoms with Gasteiger partial charge in [-0.25, -0.2) is 14.4 Å². The number of furan rings is 1. The van der Waals surface area contributed by atoms with Crippen molar-refractivity contribution in [2.24, 2.45) is 11.3 Å². The van der Waals surface area contributed by atoms with Gasteiger partial charge in [-0.05, 0) is 42.7 Å². The number of benzene rings is 1. The predicted molar refractivity (Wildman–Crippen MR) is 123 cm³/mol. The van der Waals surface area contributed by atoms with Gasteiger partial charge in [0.25, 0.3) is 0 Å². The molecule has 0 N–H and O–H groups in total. The van der Waals surface area contributed by atoms with Crippen molar-refractivity contribution in [1.29, 1.82) is 0 Å². The van der Waals surface area contributed by atoms with Gasteiger partial charge in [0.2, 0.25) is 0 Å². The van der Waals surface area contributed by atoms with E-state index in [0.717, 1.165) is 47.9 Å². The number of hydrogen-bond acceptors (Lipinski definition) is 4. The first-order valence-corrected chi connectivity index (χ1v) is 10.9. The zero-order valence-electron chi connectivity index (χ0n) is 18.5. The van der Waals surface area contributed by atoms with E-state index < -0.39 is 0 Å². The van der Waals surface area contributed by atoms with E-state index >= 15 is 0 Å². The van der Waals surface area contributed by atoms with Crippen molar-refractivity contribution in [3.63, 3.8) is 0 Å². The third-order valence-electron chi connectivity index (χ3n) is 5.75. The normalized spacial score (nSPS) is 17.9. The van der Waals surface area contributed by atoms with E-state index in [1.807, 2.05) is 31.2 Å². The molecule has 1 aliphatic heterocycles. The number of aromatic nitrogens is 2. The van der Waals surface area contributed by atoms with Crippen LogP contribution in [0, 0.1) is 11.3 Å². The van der Waals surface area contributed by atoms with Crippen molar-refractivity contribution in [2.75, 3.05) is 19.6 Å². The van der Waals surface area contributed by atoms with E-state index in [-0.39, 0.29) is 11.2 Å². The van der Waals surface area contributed by atoms with Crippen LogP contribution in [0.4, 0.5) is 4.39 Å². The molecule has 31 heavy (non-hydrogen) atoms. The molecule has 2 aromatic heterocycles. The molecule has 0 aliphatic carbocycles. The Kier molecular flexibility index (Phi) is 6.33. The average molecular weight is 420 g/mol. The summed E-state index contributed by atoms with van der Waals surface area (Å²) in [5.41, 5.74) is 1.62. The molecular formula is C26H30FN3O. The van der Waals surface area contributed by atoms with E-state index in [1.165, 1.54) is 6.08 Å². The van der Waals surface area contributed by atoms with Crippen molar-refractivity contribution >= 4 is 17.0 Å². The molecule has 4 rings (SSSR count). The molecule has 0 saturated carbocycles. The molecule has 1 unspecified atom stereocenters. The van der Waals surface area contributed by atoms with Crippen LogP contribution in [0.25, 0.3) is 17.0 Å². The summed E-state index contributed by atoms with van der Waals surface area (Å²) in [4.78, 5) is 11.0. The van der Waals surface area contributed by atoms with Crippen molar-refractivity contribution in [3.05, 3.63) is 77.9 Å². The molecule has 1 fully saturated rings. The Morgan fingerprint density at radius 2 is 2.03 bits per heavy atom. The number of fused-ring (bicyclic) bond motifs is 1. The summed E-state index contributed by atoms with van der Waals surface area (Å²) in [6.45, 7) is 9.44. The lowest BCUT2D eigenvalue weighted by Crippen LogP contribution is -2.49. The molecule has 1 aliphatic rings. The van der Waals surface area contributed by atoms with Crippen LogP contribution >= 0.6 is 0 Å². The van der Waals surface area contributed by atoms with Crippen LogP contribution in [0.15, 0.2) is 65.1 Å². The molecule has 3 heterocycles. The minimum absolute atomic E-state index is 0.161. The second-order valence-electron chi connectivity index (χ2n) is 9.08. The zero-order valence-corrected chi connectivity index (χ0v) is 18.5. The van der Waals surface area contributed by atoms with E-state index in [9.17, 15) is 4.39 Å². The Morgan fingerprint density at radius 1 is 1.26 bits per heavy atom. The van der Waals surface area contributed by atoms with Gasteiger partial charge in [0.15, 0.2) is 0 Å². The summed E-state index contributed by atoms with van der Waals surface area (Å²) in [6, 6.07) is 9.69. The van der Waals surface area contributed by atoms with Crippen LogP contribution in [0.5, 0.6) is 0 Å². The summed E-state index contributed by atoms with van der Waals surface area (Å²) in [5.74, 6) is 1.90. The second-order valence-corrected chi connectivity index (χ2v) is 9.08. The molecule has 1 saturated heterocycles. The predicted octanol–water partition coefficient (Wildman–Crippen LogP) is 6.05. The van der Waals surface area contributed by atoms with Crippen molar-refractivity contribution < 1.29 is 8.81 Å². The lowest BCUT2D eigenvalue weighted by Gasteiger charge is -2.42. The van der Waals surface area contributed by atoms with E-state index in [2.05, 4.69) is 40.9 Å². The minimum Gasteiger partial charge on any atom is -0.457 e. The Labute approximate surface area is 183 Å². The van der Waals surface area contributed by atoms with Gasteiger partial charge >= 0.3 is 0 Å². The highest BCUT2D eigenvalue weighted by molar-refractivity contribution is 5.80. The Morgan fingerprint density at radius 3 is 2.74 bits per heavy atom. The quantitative estimate of drug-likeness (QED) is 0.417. The average Bonchev–Trinajstić information content (AvgIpc) is 3.08. The van der Waals surface area contributed by atoms with E-state index in [4.69, 9.17) is 4.42 Å². The molecular weight excluding hydrogens is 389 g/mol. The molecule has 1 aromatic carbocycles. The fraction of sp³-hybridized carbons (Fsp3) is 0.385. The van der Waals surface area contributed by atoms with Gasteiger partial charge in [-0.2, -0.15) is 0 Å². The maximum Gasteiger partial charge on any atom is 0.134 e. The summed E-state index contributed by atoms with van der Waals surface area (Å²) in [7, 11) is 0. The minimum atomic E-state index is -0.232. The molecule has 0 radical (unpaired) electrons. The number of halogens is 1. The van der Waals surface area contributed by atoms with E-state index in [1.54, 1.807) is 18.5 Å². The maximum absolute atomic E-state index is 15.0. The van der Waals surface area contributed by atoms with Gasteiger partial charge in [-0.3, -0.25) is 0 Å². The highest BCUT2D eigenvalue weighted by Crippen LogP contribution is 2.33. The molecule has 1 atom stereocenters. The first kappa shape index (κ1) is 21.4. The second kappa shape index (κ2) is 9.15. The molecule has 5 heteroatoms. The van der Waals surface area contributed by atoms with Crippen molar-refractivity contribution in [1.82, 2.24) is 14.9 Å². The first-order valence-electron chi connectivity index (χ1n) is 10.9. The Bertz CT molecular complexity index is 1080. The third-order valence-corrected chi connectivity index (χ3v) is 5.75.